The van der Waals surface area contributed by atoms with Crippen LogP contribution in [0.15, 0.2) is 29.4 Å². The molecule has 4 nitrogen and oxygen atoms in total. The minimum Gasteiger partial charge on any atom is -0.770 e. The number of halogens is 3. The Balaban J connectivity index is 2.99. The first kappa shape index (κ1) is 14.7. The quantitative estimate of drug-likeness (QED) is 0.482. The maximum atomic E-state index is 12.7. The lowest BCUT2D eigenvalue weighted by atomic mass is 10.1. The van der Waals surface area contributed by atoms with Crippen LogP contribution in [0.3, 0.4) is 0 Å². The standard InChI is InChI=1S/C10H10F3NO3S/c1-7-2-4-8(5-3-7)9(10(11,12)13)14-17-6-18(15)16/h2-5H,6H2,1H3,(H,15,16)/p-1. The Hall–Kier alpha value is -1.41. The van der Waals surface area contributed by atoms with E-state index in [1.165, 1.54) is 24.3 Å². The average Bonchev–Trinajstić information content (AvgIpc) is 2.24. The van der Waals surface area contributed by atoms with Crippen molar-refractivity contribution in [2.75, 3.05) is 5.94 Å². The monoisotopic (exact) mass is 280 g/mol. The molecule has 0 fully saturated rings. The van der Waals surface area contributed by atoms with Gasteiger partial charge in [0, 0.05) is 5.56 Å². The normalized spacial score (nSPS) is 14.4. The van der Waals surface area contributed by atoms with Gasteiger partial charge >= 0.3 is 6.18 Å². The first-order valence-electron chi connectivity index (χ1n) is 4.71. The fourth-order valence-corrected chi connectivity index (χ4v) is 1.25. The summed E-state index contributed by atoms with van der Waals surface area (Å²) in [6.07, 6.45) is -4.72. The molecule has 8 heteroatoms. The molecule has 0 radical (unpaired) electrons. The van der Waals surface area contributed by atoms with Crippen molar-refractivity contribution in [1.29, 1.82) is 0 Å². The predicted octanol–water partition coefficient (Wildman–Crippen LogP) is 2.11. The van der Waals surface area contributed by atoms with Crippen molar-refractivity contribution in [3.63, 3.8) is 0 Å². The number of rotatable bonds is 4. The molecule has 1 atom stereocenters. The van der Waals surface area contributed by atoms with Crippen LogP contribution in [-0.4, -0.2) is 26.6 Å². The Kier molecular flexibility index (Phi) is 4.85. The number of nitrogens with zero attached hydrogens (tertiary/aromatic N) is 1. The van der Waals surface area contributed by atoms with Crippen LogP contribution in [0, 0.1) is 6.92 Å². The summed E-state index contributed by atoms with van der Waals surface area (Å²) in [5.74, 6) is -0.925. The molecule has 0 amide bonds. The van der Waals surface area contributed by atoms with Gasteiger partial charge in [-0.2, -0.15) is 13.2 Å². The van der Waals surface area contributed by atoms with Crippen molar-refractivity contribution >= 4 is 16.8 Å². The second-order valence-electron chi connectivity index (χ2n) is 3.35. The molecule has 0 aromatic heterocycles. The SMILES string of the molecule is Cc1ccc(C(=NOCS(=O)[O-])C(F)(F)F)cc1. The van der Waals surface area contributed by atoms with Gasteiger partial charge in [0.1, 0.15) is 0 Å². The Morgan fingerprint density at radius 2 is 1.94 bits per heavy atom. The van der Waals surface area contributed by atoms with Gasteiger partial charge in [-0.3, -0.25) is 4.21 Å². The van der Waals surface area contributed by atoms with Crippen LogP contribution in [0.25, 0.3) is 0 Å². The molecule has 1 unspecified atom stereocenters. The molecule has 0 aliphatic rings. The third-order valence-corrected chi connectivity index (χ3v) is 2.20. The van der Waals surface area contributed by atoms with Crippen LogP contribution in [0.1, 0.15) is 11.1 Å². The number of benzene rings is 1. The zero-order chi connectivity index (χ0) is 13.8. The van der Waals surface area contributed by atoms with Crippen LogP contribution in [0.4, 0.5) is 13.2 Å². The third kappa shape index (κ3) is 4.46. The van der Waals surface area contributed by atoms with E-state index >= 15 is 0 Å². The summed E-state index contributed by atoms with van der Waals surface area (Å²) in [4.78, 5) is 4.12. The van der Waals surface area contributed by atoms with Gasteiger partial charge in [-0.15, -0.1) is 0 Å². The molecule has 0 heterocycles. The molecule has 0 N–H and O–H groups in total. The lowest BCUT2D eigenvalue weighted by Gasteiger charge is -2.11. The summed E-state index contributed by atoms with van der Waals surface area (Å²) in [5.41, 5.74) is -0.667. The molecule has 18 heavy (non-hydrogen) atoms. The van der Waals surface area contributed by atoms with Crippen LogP contribution >= 0.6 is 0 Å². The van der Waals surface area contributed by atoms with Crippen LogP contribution in [0.2, 0.25) is 0 Å². The Bertz CT molecular complexity index is 456. The molecular weight excluding hydrogens is 271 g/mol. The molecule has 1 aromatic carbocycles. The van der Waals surface area contributed by atoms with Crippen LogP contribution < -0.4 is 0 Å². The van der Waals surface area contributed by atoms with Crippen molar-refractivity contribution in [2.24, 2.45) is 5.16 Å². The third-order valence-electron chi connectivity index (χ3n) is 1.90. The molecule has 0 aliphatic heterocycles. The van der Waals surface area contributed by atoms with E-state index in [2.05, 4.69) is 9.99 Å². The highest BCUT2D eigenvalue weighted by Crippen LogP contribution is 2.23. The fraction of sp³-hybridized carbons (Fsp3) is 0.300. The number of hydrogen-bond acceptors (Lipinski definition) is 4. The van der Waals surface area contributed by atoms with E-state index in [1.807, 2.05) is 0 Å². The minimum absolute atomic E-state index is 0.190. The second kappa shape index (κ2) is 5.96. The number of aryl methyl sites for hydroxylation is 1. The topological polar surface area (TPSA) is 61.7 Å². The van der Waals surface area contributed by atoms with Crippen molar-refractivity contribution in [2.45, 2.75) is 13.1 Å². The maximum Gasteiger partial charge on any atom is 0.437 e. The van der Waals surface area contributed by atoms with Gasteiger partial charge in [0.25, 0.3) is 0 Å². The number of oxime groups is 1. The highest BCUT2D eigenvalue weighted by Gasteiger charge is 2.37. The molecule has 0 aliphatic carbocycles. The molecule has 0 saturated carbocycles. The van der Waals surface area contributed by atoms with Gasteiger partial charge < -0.3 is 9.39 Å². The van der Waals surface area contributed by atoms with Crippen molar-refractivity contribution < 1.29 is 26.8 Å². The molecule has 0 bridgehead atoms. The molecule has 100 valence electrons. The smallest absolute Gasteiger partial charge is 0.437 e. The van der Waals surface area contributed by atoms with Gasteiger partial charge in [0.05, 0.1) is 0 Å². The van der Waals surface area contributed by atoms with E-state index in [0.717, 1.165) is 5.56 Å². The lowest BCUT2D eigenvalue weighted by Crippen LogP contribution is -2.24. The largest absolute Gasteiger partial charge is 0.770 e. The highest BCUT2D eigenvalue weighted by molar-refractivity contribution is 7.78. The van der Waals surface area contributed by atoms with E-state index in [9.17, 15) is 21.9 Å². The van der Waals surface area contributed by atoms with Crippen molar-refractivity contribution in [3.05, 3.63) is 35.4 Å². The van der Waals surface area contributed by atoms with Crippen LogP contribution in [-0.2, 0) is 15.9 Å². The molecule has 1 aromatic rings. The highest BCUT2D eigenvalue weighted by atomic mass is 32.2. The molecular formula is C10H9F3NO3S-. The lowest BCUT2D eigenvalue weighted by molar-refractivity contribution is -0.0610. The van der Waals surface area contributed by atoms with E-state index in [1.54, 1.807) is 6.92 Å². The van der Waals surface area contributed by atoms with Crippen LogP contribution in [0.5, 0.6) is 0 Å². The van der Waals surface area contributed by atoms with Gasteiger partial charge in [-0.1, -0.05) is 35.0 Å². The minimum atomic E-state index is -4.72. The van der Waals surface area contributed by atoms with Crippen molar-refractivity contribution in [3.8, 4) is 0 Å². The maximum absolute atomic E-state index is 12.7. The fourth-order valence-electron chi connectivity index (χ4n) is 1.11. The Morgan fingerprint density at radius 1 is 1.39 bits per heavy atom. The summed E-state index contributed by atoms with van der Waals surface area (Å²) in [7, 11) is 0. The molecule has 0 spiro atoms. The second-order valence-corrected chi connectivity index (χ2v) is 4.20. The number of alkyl halides is 3. The summed E-state index contributed by atoms with van der Waals surface area (Å²) >= 11 is -2.62. The van der Waals surface area contributed by atoms with Crippen molar-refractivity contribution in [1.82, 2.24) is 0 Å². The zero-order valence-electron chi connectivity index (χ0n) is 9.23. The first-order chi connectivity index (χ1) is 8.30. The zero-order valence-corrected chi connectivity index (χ0v) is 10.0. The van der Waals surface area contributed by atoms with Gasteiger partial charge in [0.2, 0.25) is 0 Å². The molecule has 1 rings (SSSR count). The van der Waals surface area contributed by atoms with E-state index in [-0.39, 0.29) is 5.56 Å². The summed E-state index contributed by atoms with van der Waals surface area (Å²) in [6, 6.07) is 5.45. The predicted molar refractivity (Wildman–Crippen MR) is 58.6 cm³/mol. The summed E-state index contributed by atoms with van der Waals surface area (Å²) in [5, 5.41) is 2.83. The average molecular weight is 280 g/mol. The van der Waals surface area contributed by atoms with Gasteiger partial charge in [0.15, 0.2) is 11.7 Å². The number of hydrogen-bond donors (Lipinski definition) is 0. The van der Waals surface area contributed by atoms with Gasteiger partial charge in [-0.05, 0) is 18.0 Å². The molecule has 0 saturated heterocycles. The summed E-state index contributed by atoms with van der Waals surface area (Å²) < 4.78 is 58.3. The van der Waals surface area contributed by atoms with E-state index in [0.29, 0.717) is 0 Å². The first-order valence-corrected chi connectivity index (χ1v) is 5.95. The Labute approximate surface area is 104 Å². The Morgan fingerprint density at radius 3 is 2.39 bits per heavy atom. The summed E-state index contributed by atoms with van der Waals surface area (Å²) in [6.45, 7) is 1.73. The van der Waals surface area contributed by atoms with E-state index < -0.39 is 28.9 Å². The van der Waals surface area contributed by atoms with Gasteiger partial charge in [-0.25, -0.2) is 0 Å². The van der Waals surface area contributed by atoms with E-state index in [4.69, 9.17) is 0 Å².